The molecule has 4 rings (SSSR count). The monoisotopic (exact) mass is 378 g/mol. The summed E-state index contributed by atoms with van der Waals surface area (Å²) in [4.78, 5) is 28.6. The fourth-order valence-electron chi connectivity index (χ4n) is 3.66. The minimum Gasteiger partial charge on any atom is -0.339 e. The van der Waals surface area contributed by atoms with Gasteiger partial charge in [-0.2, -0.15) is 5.10 Å². The molecule has 2 aliphatic rings. The lowest BCUT2D eigenvalue weighted by atomic mass is 10.1. The number of carbonyl (C=O) groups is 2. The summed E-state index contributed by atoms with van der Waals surface area (Å²) in [5, 5.41) is 4.41. The topological polar surface area (TPSA) is 58.4 Å². The van der Waals surface area contributed by atoms with Gasteiger partial charge in [-0.3, -0.25) is 14.3 Å². The Balaban J connectivity index is 1.52. The van der Waals surface area contributed by atoms with E-state index in [-0.39, 0.29) is 11.8 Å². The molecule has 2 aromatic rings. The van der Waals surface area contributed by atoms with E-state index in [2.05, 4.69) is 11.7 Å². The number of carbonyl (C=O) groups excluding carboxylic acids is 2. The van der Waals surface area contributed by atoms with Crippen molar-refractivity contribution < 1.29 is 9.59 Å². The van der Waals surface area contributed by atoms with Crippen LogP contribution < -0.4 is 4.90 Å². The Labute approximate surface area is 165 Å². The van der Waals surface area contributed by atoms with E-state index >= 15 is 0 Å². The minimum atomic E-state index is -0.169. The average Bonchev–Trinajstić information content (AvgIpc) is 3.18. The van der Waals surface area contributed by atoms with Gasteiger partial charge in [0, 0.05) is 37.1 Å². The fourth-order valence-corrected chi connectivity index (χ4v) is 3.66. The number of likely N-dealkylation sites (tertiary alicyclic amines) is 1. The van der Waals surface area contributed by atoms with E-state index in [1.54, 1.807) is 23.2 Å². The third kappa shape index (κ3) is 4.01. The number of nitrogens with zero attached hydrogens (tertiary/aromatic N) is 4. The van der Waals surface area contributed by atoms with Crippen LogP contribution in [0.4, 0.5) is 5.69 Å². The van der Waals surface area contributed by atoms with Gasteiger partial charge < -0.3 is 9.80 Å². The summed E-state index contributed by atoms with van der Waals surface area (Å²) < 4.78 is 1.99. The van der Waals surface area contributed by atoms with Crippen molar-refractivity contribution in [2.75, 3.05) is 18.0 Å². The van der Waals surface area contributed by atoms with Crippen molar-refractivity contribution in [1.29, 1.82) is 0 Å². The summed E-state index contributed by atoms with van der Waals surface area (Å²) in [6.07, 6.45) is 7.75. The molecule has 0 spiro atoms. The number of hydrogen-bond donors (Lipinski definition) is 0. The van der Waals surface area contributed by atoms with E-state index in [0.717, 1.165) is 43.9 Å². The quantitative estimate of drug-likeness (QED) is 0.695. The Hall–Kier alpha value is -2.89. The van der Waals surface area contributed by atoms with Gasteiger partial charge in [-0.1, -0.05) is 6.58 Å². The normalized spacial score (nSPS) is 16.2. The molecule has 2 fully saturated rings. The van der Waals surface area contributed by atoms with Crippen molar-refractivity contribution in [1.82, 2.24) is 14.7 Å². The molecule has 0 bridgehead atoms. The first-order valence-corrected chi connectivity index (χ1v) is 9.99. The van der Waals surface area contributed by atoms with Gasteiger partial charge in [-0.05, 0) is 68.0 Å². The molecule has 1 aliphatic heterocycles. The molecule has 2 amide bonds. The van der Waals surface area contributed by atoms with Crippen LogP contribution in [-0.4, -0.2) is 39.6 Å². The summed E-state index contributed by atoms with van der Waals surface area (Å²) in [5.74, 6) is 0.601. The SMILES string of the molecule is C=CC(=O)N(Cc1ccnn1CC1CC1)c1ccc(C(=O)N2CCCC2)cc1. The van der Waals surface area contributed by atoms with Gasteiger partial charge in [0.1, 0.15) is 0 Å². The van der Waals surface area contributed by atoms with E-state index in [1.807, 2.05) is 27.8 Å². The average molecular weight is 378 g/mol. The van der Waals surface area contributed by atoms with Crippen molar-refractivity contribution >= 4 is 17.5 Å². The van der Waals surface area contributed by atoms with Gasteiger partial charge in [-0.25, -0.2) is 0 Å². The zero-order valence-corrected chi connectivity index (χ0v) is 16.1. The van der Waals surface area contributed by atoms with Crippen LogP contribution in [-0.2, 0) is 17.9 Å². The van der Waals surface area contributed by atoms with Crippen LogP contribution in [0.1, 0.15) is 41.7 Å². The van der Waals surface area contributed by atoms with Crippen molar-refractivity contribution in [2.45, 2.75) is 38.8 Å². The van der Waals surface area contributed by atoms with Crippen molar-refractivity contribution in [3.05, 3.63) is 60.4 Å². The van der Waals surface area contributed by atoms with E-state index in [1.165, 1.54) is 18.9 Å². The van der Waals surface area contributed by atoms with Crippen molar-refractivity contribution in [3.63, 3.8) is 0 Å². The van der Waals surface area contributed by atoms with E-state index < -0.39 is 0 Å². The van der Waals surface area contributed by atoms with Gasteiger partial charge in [0.2, 0.25) is 0 Å². The van der Waals surface area contributed by atoms with Crippen molar-refractivity contribution in [3.8, 4) is 0 Å². The molecular formula is C22H26N4O2. The highest BCUT2D eigenvalue weighted by Crippen LogP contribution is 2.31. The van der Waals surface area contributed by atoms with Crippen LogP contribution in [0, 0.1) is 5.92 Å². The van der Waals surface area contributed by atoms with E-state index in [4.69, 9.17) is 0 Å². The second kappa shape index (κ2) is 8.00. The number of rotatable bonds is 7. The fraction of sp³-hybridized carbons (Fsp3) is 0.409. The molecule has 1 aromatic carbocycles. The molecule has 0 unspecified atom stereocenters. The Bertz CT molecular complexity index is 861. The second-order valence-corrected chi connectivity index (χ2v) is 7.62. The molecule has 0 N–H and O–H groups in total. The largest absolute Gasteiger partial charge is 0.339 e. The maximum absolute atomic E-state index is 12.5. The lowest BCUT2D eigenvalue weighted by molar-refractivity contribution is -0.114. The first-order chi connectivity index (χ1) is 13.7. The van der Waals surface area contributed by atoms with Crippen LogP contribution in [0.2, 0.25) is 0 Å². The van der Waals surface area contributed by atoms with Gasteiger partial charge in [0.05, 0.1) is 12.2 Å². The Morgan fingerprint density at radius 3 is 2.50 bits per heavy atom. The molecule has 2 heterocycles. The van der Waals surface area contributed by atoms with Crippen LogP contribution in [0.15, 0.2) is 49.2 Å². The van der Waals surface area contributed by atoms with Crippen LogP contribution in [0.5, 0.6) is 0 Å². The first kappa shape index (κ1) is 18.5. The van der Waals surface area contributed by atoms with Crippen molar-refractivity contribution in [2.24, 2.45) is 5.92 Å². The molecule has 1 saturated heterocycles. The second-order valence-electron chi connectivity index (χ2n) is 7.62. The maximum Gasteiger partial charge on any atom is 0.253 e. The zero-order valence-electron chi connectivity index (χ0n) is 16.1. The van der Waals surface area contributed by atoms with Gasteiger partial charge in [0.25, 0.3) is 11.8 Å². The summed E-state index contributed by atoms with van der Waals surface area (Å²) in [6.45, 7) is 6.62. The number of aromatic nitrogens is 2. The first-order valence-electron chi connectivity index (χ1n) is 9.99. The van der Waals surface area contributed by atoms with Crippen LogP contribution in [0.3, 0.4) is 0 Å². The van der Waals surface area contributed by atoms with Gasteiger partial charge >= 0.3 is 0 Å². The third-order valence-corrected chi connectivity index (χ3v) is 5.51. The smallest absolute Gasteiger partial charge is 0.253 e. The molecule has 6 nitrogen and oxygen atoms in total. The third-order valence-electron chi connectivity index (χ3n) is 5.51. The number of benzene rings is 1. The molecule has 6 heteroatoms. The summed E-state index contributed by atoms with van der Waals surface area (Å²) in [6, 6.07) is 9.25. The number of amides is 2. The zero-order chi connectivity index (χ0) is 19.5. The molecule has 146 valence electrons. The highest BCUT2D eigenvalue weighted by Gasteiger charge is 2.24. The molecular weight excluding hydrogens is 352 g/mol. The molecule has 1 saturated carbocycles. The number of hydrogen-bond acceptors (Lipinski definition) is 3. The predicted molar refractivity (Wildman–Crippen MR) is 108 cm³/mol. The van der Waals surface area contributed by atoms with E-state index in [9.17, 15) is 9.59 Å². The highest BCUT2D eigenvalue weighted by atomic mass is 16.2. The van der Waals surface area contributed by atoms with Gasteiger partial charge in [-0.15, -0.1) is 0 Å². The Kier molecular flexibility index (Phi) is 5.28. The van der Waals surface area contributed by atoms with Crippen LogP contribution >= 0.6 is 0 Å². The predicted octanol–water partition coefficient (Wildman–Crippen LogP) is 3.25. The molecule has 0 radical (unpaired) electrons. The summed E-state index contributed by atoms with van der Waals surface area (Å²) >= 11 is 0. The molecule has 1 aliphatic carbocycles. The number of anilines is 1. The van der Waals surface area contributed by atoms with Gasteiger partial charge in [0.15, 0.2) is 0 Å². The molecule has 28 heavy (non-hydrogen) atoms. The molecule has 1 aromatic heterocycles. The standard InChI is InChI=1S/C22H26N4O2/c1-2-21(27)25(16-20-11-12-23-26(20)15-17-5-6-17)19-9-7-18(8-10-19)22(28)24-13-3-4-14-24/h2,7-12,17H,1,3-6,13-16H2. The maximum atomic E-state index is 12.5. The van der Waals surface area contributed by atoms with Crippen LogP contribution in [0.25, 0.3) is 0 Å². The lowest BCUT2D eigenvalue weighted by Gasteiger charge is -2.22. The Morgan fingerprint density at radius 1 is 1.14 bits per heavy atom. The molecule has 0 atom stereocenters. The lowest BCUT2D eigenvalue weighted by Crippen LogP contribution is -2.30. The minimum absolute atomic E-state index is 0.0631. The van der Waals surface area contributed by atoms with E-state index in [0.29, 0.717) is 18.0 Å². The Morgan fingerprint density at radius 2 is 1.86 bits per heavy atom. The highest BCUT2D eigenvalue weighted by molar-refractivity contribution is 6.01. The summed E-state index contributed by atoms with van der Waals surface area (Å²) in [7, 11) is 0. The summed E-state index contributed by atoms with van der Waals surface area (Å²) in [5.41, 5.74) is 2.41.